The number of para-hydroxylation sites is 2. The van der Waals surface area contributed by atoms with Crippen molar-refractivity contribution in [2.45, 2.75) is 26.0 Å². The summed E-state index contributed by atoms with van der Waals surface area (Å²) < 4.78 is 0. The zero-order valence-corrected chi connectivity index (χ0v) is 12.6. The molecule has 0 radical (unpaired) electrons. The largest absolute Gasteiger partial charge is 0.384 e. The zero-order chi connectivity index (χ0) is 15.5. The number of nitrogens with zero attached hydrogens (tertiary/aromatic N) is 1. The van der Waals surface area contributed by atoms with Gasteiger partial charge < -0.3 is 15.3 Å². The first-order valence-corrected chi connectivity index (χ1v) is 7.55. The maximum Gasteiger partial charge on any atom is 0.252 e. The van der Waals surface area contributed by atoms with Crippen LogP contribution in [0.5, 0.6) is 0 Å². The highest BCUT2D eigenvalue weighted by atomic mass is 16.3. The lowest BCUT2D eigenvalue weighted by molar-refractivity contribution is -0.123. The van der Waals surface area contributed by atoms with Gasteiger partial charge in [-0.1, -0.05) is 36.4 Å². The van der Waals surface area contributed by atoms with Crippen molar-refractivity contribution in [3.8, 4) is 0 Å². The van der Waals surface area contributed by atoms with Crippen LogP contribution in [0.4, 0.5) is 11.4 Å². The van der Waals surface area contributed by atoms with Crippen molar-refractivity contribution < 1.29 is 9.90 Å². The Morgan fingerprint density at radius 2 is 1.95 bits per heavy atom. The first kappa shape index (κ1) is 14.6. The van der Waals surface area contributed by atoms with Crippen molar-refractivity contribution >= 4 is 17.3 Å². The number of carbonyl (C=O) groups excluding carboxylic acids is 1. The van der Waals surface area contributed by atoms with E-state index in [9.17, 15) is 9.90 Å². The standard InChI is InChI=1S/C18H20N2O2/c1-13(21)18(22)19-16-8-4-2-7-15(16)12-20-11-10-14-6-3-5-9-17(14)20/h2-9,13,21H,10-12H2,1H3,(H,19,22). The van der Waals surface area contributed by atoms with E-state index >= 15 is 0 Å². The van der Waals surface area contributed by atoms with Crippen LogP contribution in [-0.4, -0.2) is 23.7 Å². The third-order valence-electron chi connectivity index (χ3n) is 4.00. The predicted octanol–water partition coefficient (Wildman–Crippen LogP) is 2.57. The molecular formula is C18H20N2O2. The molecule has 3 rings (SSSR count). The van der Waals surface area contributed by atoms with Gasteiger partial charge in [0.1, 0.15) is 6.10 Å². The molecule has 0 bridgehead atoms. The van der Waals surface area contributed by atoms with E-state index in [1.54, 1.807) is 0 Å². The normalized spacial score (nSPS) is 14.5. The van der Waals surface area contributed by atoms with Crippen molar-refractivity contribution in [2.24, 2.45) is 0 Å². The van der Waals surface area contributed by atoms with Crippen LogP contribution in [0.1, 0.15) is 18.1 Å². The van der Waals surface area contributed by atoms with Gasteiger partial charge in [-0.25, -0.2) is 0 Å². The van der Waals surface area contributed by atoms with Crippen LogP contribution in [0.25, 0.3) is 0 Å². The van der Waals surface area contributed by atoms with Gasteiger partial charge in [0.05, 0.1) is 0 Å². The first-order valence-electron chi connectivity index (χ1n) is 7.55. The highest BCUT2D eigenvalue weighted by Gasteiger charge is 2.19. The minimum Gasteiger partial charge on any atom is -0.384 e. The van der Waals surface area contributed by atoms with Crippen molar-refractivity contribution in [2.75, 3.05) is 16.8 Å². The Balaban J connectivity index is 1.80. The summed E-state index contributed by atoms with van der Waals surface area (Å²) in [6.07, 6.45) is 0.0406. The van der Waals surface area contributed by atoms with E-state index in [0.29, 0.717) is 0 Å². The molecule has 114 valence electrons. The number of carbonyl (C=O) groups is 1. The molecule has 4 heteroatoms. The van der Waals surface area contributed by atoms with E-state index in [2.05, 4.69) is 34.5 Å². The Bertz CT molecular complexity index is 682. The molecule has 22 heavy (non-hydrogen) atoms. The molecule has 0 saturated carbocycles. The Kier molecular flexibility index (Phi) is 4.11. The second-order valence-electron chi connectivity index (χ2n) is 5.62. The van der Waals surface area contributed by atoms with Gasteiger partial charge in [0.15, 0.2) is 0 Å². The van der Waals surface area contributed by atoms with Gasteiger partial charge >= 0.3 is 0 Å². The number of benzene rings is 2. The molecule has 2 aromatic carbocycles. The summed E-state index contributed by atoms with van der Waals surface area (Å²) in [6.45, 7) is 3.19. The van der Waals surface area contributed by atoms with Crippen LogP contribution in [0, 0.1) is 0 Å². The van der Waals surface area contributed by atoms with E-state index in [4.69, 9.17) is 0 Å². The Morgan fingerprint density at radius 1 is 1.23 bits per heavy atom. The third kappa shape index (κ3) is 2.97. The molecule has 1 aliphatic rings. The maximum atomic E-state index is 11.7. The van der Waals surface area contributed by atoms with Crippen molar-refractivity contribution in [3.05, 3.63) is 59.7 Å². The van der Waals surface area contributed by atoms with Gasteiger partial charge in [-0.05, 0) is 36.6 Å². The lowest BCUT2D eigenvalue weighted by Crippen LogP contribution is -2.26. The SMILES string of the molecule is CC(O)C(=O)Nc1ccccc1CN1CCc2ccccc21. The van der Waals surface area contributed by atoms with Crippen LogP contribution < -0.4 is 10.2 Å². The average Bonchev–Trinajstić information content (AvgIpc) is 2.92. The molecule has 4 nitrogen and oxygen atoms in total. The van der Waals surface area contributed by atoms with Crippen molar-refractivity contribution in [3.63, 3.8) is 0 Å². The van der Waals surface area contributed by atoms with E-state index in [1.165, 1.54) is 18.2 Å². The average molecular weight is 296 g/mol. The number of hydrogen-bond acceptors (Lipinski definition) is 3. The summed E-state index contributed by atoms with van der Waals surface area (Å²) in [5.41, 5.74) is 4.44. The predicted molar refractivity (Wildman–Crippen MR) is 87.9 cm³/mol. The monoisotopic (exact) mass is 296 g/mol. The molecule has 0 aromatic heterocycles. The number of aliphatic hydroxyl groups is 1. The van der Waals surface area contributed by atoms with Gasteiger partial charge in [0, 0.05) is 24.5 Å². The molecule has 1 aliphatic heterocycles. The minimum absolute atomic E-state index is 0.380. The van der Waals surface area contributed by atoms with E-state index in [0.717, 1.165) is 30.8 Å². The van der Waals surface area contributed by atoms with Gasteiger partial charge in [-0.2, -0.15) is 0 Å². The molecule has 1 unspecified atom stereocenters. The molecule has 2 aromatic rings. The fourth-order valence-corrected chi connectivity index (χ4v) is 2.79. The number of amides is 1. The van der Waals surface area contributed by atoms with Crippen LogP contribution in [-0.2, 0) is 17.8 Å². The molecule has 0 fully saturated rings. The summed E-state index contributed by atoms with van der Waals surface area (Å²) in [4.78, 5) is 14.0. The van der Waals surface area contributed by atoms with E-state index < -0.39 is 6.10 Å². The molecule has 0 saturated heterocycles. The van der Waals surface area contributed by atoms with Gasteiger partial charge in [0.25, 0.3) is 5.91 Å². The molecule has 0 spiro atoms. The zero-order valence-electron chi connectivity index (χ0n) is 12.6. The summed E-state index contributed by atoms with van der Waals surface area (Å²) in [6, 6.07) is 16.2. The number of rotatable bonds is 4. The Morgan fingerprint density at radius 3 is 2.77 bits per heavy atom. The summed E-state index contributed by atoms with van der Waals surface area (Å²) in [5, 5.41) is 12.2. The van der Waals surface area contributed by atoms with Crippen LogP contribution in [0.3, 0.4) is 0 Å². The molecule has 0 aliphatic carbocycles. The number of nitrogens with one attached hydrogen (secondary N) is 1. The quantitative estimate of drug-likeness (QED) is 0.911. The van der Waals surface area contributed by atoms with Crippen LogP contribution >= 0.6 is 0 Å². The van der Waals surface area contributed by atoms with Crippen LogP contribution in [0.2, 0.25) is 0 Å². The molecular weight excluding hydrogens is 276 g/mol. The number of aliphatic hydroxyl groups excluding tert-OH is 1. The number of hydrogen-bond donors (Lipinski definition) is 2. The fraction of sp³-hybridized carbons (Fsp3) is 0.278. The minimum atomic E-state index is -1.01. The smallest absolute Gasteiger partial charge is 0.252 e. The number of anilines is 2. The summed E-state index contributed by atoms with van der Waals surface area (Å²) >= 11 is 0. The summed E-state index contributed by atoms with van der Waals surface area (Å²) in [7, 11) is 0. The first-order chi connectivity index (χ1) is 10.6. The fourth-order valence-electron chi connectivity index (χ4n) is 2.79. The highest BCUT2D eigenvalue weighted by molar-refractivity contribution is 5.94. The van der Waals surface area contributed by atoms with Crippen LogP contribution in [0.15, 0.2) is 48.5 Å². The third-order valence-corrected chi connectivity index (χ3v) is 4.00. The maximum absolute atomic E-state index is 11.7. The second kappa shape index (κ2) is 6.20. The van der Waals surface area contributed by atoms with E-state index in [-0.39, 0.29) is 5.91 Å². The van der Waals surface area contributed by atoms with Gasteiger partial charge in [0.2, 0.25) is 0 Å². The molecule has 2 N–H and O–H groups in total. The molecule has 1 amide bonds. The summed E-state index contributed by atoms with van der Waals surface area (Å²) in [5.74, 6) is -0.380. The van der Waals surface area contributed by atoms with E-state index in [1.807, 2.05) is 24.3 Å². The Labute approximate surface area is 130 Å². The second-order valence-corrected chi connectivity index (χ2v) is 5.62. The van der Waals surface area contributed by atoms with Crippen molar-refractivity contribution in [1.29, 1.82) is 0 Å². The van der Waals surface area contributed by atoms with Gasteiger partial charge in [-0.3, -0.25) is 4.79 Å². The Hall–Kier alpha value is -2.33. The highest BCUT2D eigenvalue weighted by Crippen LogP contribution is 2.30. The topological polar surface area (TPSA) is 52.6 Å². The molecule has 1 heterocycles. The molecule has 1 atom stereocenters. The lowest BCUT2D eigenvalue weighted by atomic mass is 10.1. The number of fused-ring (bicyclic) bond motifs is 1. The van der Waals surface area contributed by atoms with Gasteiger partial charge in [-0.15, -0.1) is 0 Å². The van der Waals surface area contributed by atoms with Crippen molar-refractivity contribution in [1.82, 2.24) is 0 Å². The lowest BCUT2D eigenvalue weighted by Gasteiger charge is -2.21.